The van der Waals surface area contributed by atoms with Gasteiger partial charge in [0, 0.05) is 11.6 Å². The summed E-state index contributed by atoms with van der Waals surface area (Å²) in [5.74, 6) is 1.31. The lowest BCUT2D eigenvalue weighted by atomic mass is 9.88. The number of ether oxygens (including phenoxy) is 1. The van der Waals surface area contributed by atoms with Crippen molar-refractivity contribution < 1.29 is 14.3 Å². The SMILES string of the molecule is CCOC(=O)c1ccc(NC(=O)[C@H]2C[C@H]3CC[C@H]2C3)cc1. The van der Waals surface area contributed by atoms with E-state index in [1.165, 1.54) is 19.3 Å². The molecule has 2 bridgehead atoms. The van der Waals surface area contributed by atoms with Crippen LogP contribution in [0.2, 0.25) is 0 Å². The Kier molecular flexibility index (Phi) is 3.95. The topological polar surface area (TPSA) is 55.4 Å². The highest BCUT2D eigenvalue weighted by Crippen LogP contribution is 2.48. The summed E-state index contributed by atoms with van der Waals surface area (Å²) >= 11 is 0. The Hall–Kier alpha value is -1.84. The van der Waals surface area contributed by atoms with Gasteiger partial charge >= 0.3 is 5.97 Å². The number of esters is 1. The van der Waals surface area contributed by atoms with Crippen LogP contribution in [0.1, 0.15) is 43.0 Å². The van der Waals surface area contributed by atoms with E-state index in [1.807, 2.05) is 0 Å². The molecule has 4 heteroatoms. The van der Waals surface area contributed by atoms with E-state index >= 15 is 0 Å². The highest BCUT2D eigenvalue weighted by atomic mass is 16.5. The third-order valence-corrected chi connectivity index (χ3v) is 4.74. The van der Waals surface area contributed by atoms with Gasteiger partial charge in [0.15, 0.2) is 0 Å². The molecular weight excluding hydrogens is 266 g/mol. The third kappa shape index (κ3) is 2.94. The van der Waals surface area contributed by atoms with Crippen LogP contribution in [0.4, 0.5) is 5.69 Å². The predicted octanol–water partition coefficient (Wildman–Crippen LogP) is 3.24. The first-order valence-corrected chi connectivity index (χ1v) is 7.75. The van der Waals surface area contributed by atoms with Gasteiger partial charge in [-0.25, -0.2) is 4.79 Å². The van der Waals surface area contributed by atoms with E-state index in [4.69, 9.17) is 4.74 Å². The van der Waals surface area contributed by atoms with Crippen molar-refractivity contribution in [3.8, 4) is 0 Å². The molecule has 0 unspecified atom stereocenters. The smallest absolute Gasteiger partial charge is 0.338 e. The molecule has 3 atom stereocenters. The minimum atomic E-state index is -0.330. The Morgan fingerprint density at radius 1 is 1.19 bits per heavy atom. The molecule has 0 radical (unpaired) electrons. The molecular formula is C17H21NO3. The van der Waals surface area contributed by atoms with Crippen LogP contribution in [-0.2, 0) is 9.53 Å². The fourth-order valence-electron chi connectivity index (χ4n) is 3.70. The van der Waals surface area contributed by atoms with Crippen molar-refractivity contribution in [1.82, 2.24) is 0 Å². The quantitative estimate of drug-likeness (QED) is 0.865. The van der Waals surface area contributed by atoms with Crippen LogP contribution in [0.15, 0.2) is 24.3 Å². The van der Waals surface area contributed by atoms with Crippen LogP contribution in [0.3, 0.4) is 0 Å². The maximum absolute atomic E-state index is 12.3. The van der Waals surface area contributed by atoms with E-state index < -0.39 is 0 Å². The number of rotatable bonds is 4. The molecule has 1 aromatic rings. The number of hydrogen-bond acceptors (Lipinski definition) is 3. The summed E-state index contributed by atoms with van der Waals surface area (Å²) in [6.07, 6.45) is 4.75. The van der Waals surface area contributed by atoms with Gasteiger partial charge in [0.2, 0.25) is 5.91 Å². The minimum Gasteiger partial charge on any atom is -0.462 e. The highest BCUT2D eigenvalue weighted by Gasteiger charge is 2.42. The molecule has 1 aromatic carbocycles. The van der Waals surface area contributed by atoms with Crippen LogP contribution >= 0.6 is 0 Å². The van der Waals surface area contributed by atoms with Crippen LogP contribution < -0.4 is 5.32 Å². The van der Waals surface area contributed by atoms with Gasteiger partial charge < -0.3 is 10.1 Å². The van der Waals surface area contributed by atoms with Gasteiger partial charge in [-0.2, -0.15) is 0 Å². The van der Waals surface area contributed by atoms with Crippen molar-refractivity contribution in [2.75, 3.05) is 11.9 Å². The number of anilines is 1. The van der Waals surface area contributed by atoms with Crippen molar-refractivity contribution >= 4 is 17.6 Å². The van der Waals surface area contributed by atoms with E-state index in [0.29, 0.717) is 18.1 Å². The van der Waals surface area contributed by atoms with Gasteiger partial charge in [-0.3, -0.25) is 4.79 Å². The van der Waals surface area contributed by atoms with Gasteiger partial charge in [-0.15, -0.1) is 0 Å². The summed E-state index contributed by atoms with van der Waals surface area (Å²) in [5.41, 5.74) is 1.26. The minimum absolute atomic E-state index is 0.131. The van der Waals surface area contributed by atoms with Crippen molar-refractivity contribution in [3.63, 3.8) is 0 Å². The average Bonchev–Trinajstić information content (AvgIpc) is 3.11. The normalized spacial score (nSPS) is 26.6. The molecule has 2 aliphatic carbocycles. The molecule has 2 aliphatic rings. The first-order chi connectivity index (χ1) is 10.2. The Labute approximate surface area is 124 Å². The summed E-state index contributed by atoms with van der Waals surface area (Å²) in [4.78, 5) is 23.9. The van der Waals surface area contributed by atoms with E-state index in [2.05, 4.69) is 5.32 Å². The fraction of sp³-hybridized carbons (Fsp3) is 0.529. The van der Waals surface area contributed by atoms with E-state index in [1.54, 1.807) is 31.2 Å². The molecule has 112 valence electrons. The Morgan fingerprint density at radius 3 is 2.52 bits per heavy atom. The molecule has 1 amide bonds. The van der Waals surface area contributed by atoms with Crippen molar-refractivity contribution in [3.05, 3.63) is 29.8 Å². The van der Waals surface area contributed by atoms with Crippen LogP contribution in [0, 0.1) is 17.8 Å². The number of benzene rings is 1. The van der Waals surface area contributed by atoms with Crippen LogP contribution in [0.5, 0.6) is 0 Å². The first-order valence-electron chi connectivity index (χ1n) is 7.75. The van der Waals surface area contributed by atoms with Gasteiger partial charge in [0.25, 0.3) is 0 Å². The second-order valence-corrected chi connectivity index (χ2v) is 6.07. The monoisotopic (exact) mass is 287 g/mol. The van der Waals surface area contributed by atoms with Crippen molar-refractivity contribution in [1.29, 1.82) is 0 Å². The van der Waals surface area contributed by atoms with Gasteiger partial charge in [0.05, 0.1) is 12.2 Å². The third-order valence-electron chi connectivity index (χ3n) is 4.74. The molecule has 0 heterocycles. The summed E-state index contributed by atoms with van der Waals surface area (Å²) in [7, 11) is 0. The number of carbonyl (C=O) groups excluding carboxylic acids is 2. The standard InChI is InChI=1S/C17H21NO3/c1-2-21-17(20)12-5-7-14(8-6-12)18-16(19)15-10-11-3-4-13(15)9-11/h5-8,11,13,15H,2-4,9-10H2,1H3,(H,18,19)/t11-,13-,15-/m0/s1. The number of fused-ring (bicyclic) bond motifs is 2. The number of hydrogen-bond donors (Lipinski definition) is 1. The average molecular weight is 287 g/mol. The number of carbonyl (C=O) groups is 2. The molecule has 3 rings (SSSR count). The second kappa shape index (κ2) is 5.88. The van der Waals surface area contributed by atoms with Crippen molar-refractivity contribution in [2.24, 2.45) is 17.8 Å². The van der Waals surface area contributed by atoms with Crippen LogP contribution in [0.25, 0.3) is 0 Å². The largest absolute Gasteiger partial charge is 0.462 e. The second-order valence-electron chi connectivity index (χ2n) is 6.07. The molecule has 2 saturated carbocycles. The summed E-state index contributed by atoms with van der Waals surface area (Å²) < 4.78 is 4.94. The summed E-state index contributed by atoms with van der Waals surface area (Å²) in [5, 5.41) is 2.98. The maximum Gasteiger partial charge on any atom is 0.338 e. The Balaban J connectivity index is 1.60. The zero-order valence-electron chi connectivity index (χ0n) is 12.3. The number of amides is 1. The molecule has 4 nitrogen and oxygen atoms in total. The molecule has 0 spiro atoms. The van der Waals surface area contributed by atoms with Gasteiger partial charge in [-0.05, 0) is 62.3 Å². The number of nitrogens with one attached hydrogen (secondary N) is 1. The summed E-state index contributed by atoms with van der Waals surface area (Å²) in [6.45, 7) is 2.14. The molecule has 2 fully saturated rings. The molecule has 21 heavy (non-hydrogen) atoms. The van der Waals surface area contributed by atoms with E-state index in [0.717, 1.165) is 18.0 Å². The molecule has 0 aliphatic heterocycles. The predicted molar refractivity (Wildman–Crippen MR) is 80.0 cm³/mol. The zero-order valence-corrected chi connectivity index (χ0v) is 12.3. The maximum atomic E-state index is 12.3. The molecule has 1 N–H and O–H groups in total. The zero-order chi connectivity index (χ0) is 14.8. The van der Waals surface area contributed by atoms with E-state index in [9.17, 15) is 9.59 Å². The fourth-order valence-corrected chi connectivity index (χ4v) is 3.70. The highest BCUT2D eigenvalue weighted by molar-refractivity contribution is 5.94. The lowest BCUT2D eigenvalue weighted by Crippen LogP contribution is -2.27. The lowest BCUT2D eigenvalue weighted by Gasteiger charge is -2.20. The van der Waals surface area contributed by atoms with Crippen LogP contribution in [-0.4, -0.2) is 18.5 Å². The van der Waals surface area contributed by atoms with Gasteiger partial charge in [0.1, 0.15) is 0 Å². The van der Waals surface area contributed by atoms with Gasteiger partial charge in [-0.1, -0.05) is 6.42 Å². The molecule has 0 aromatic heterocycles. The lowest BCUT2D eigenvalue weighted by molar-refractivity contribution is -0.121. The first kappa shape index (κ1) is 14.1. The van der Waals surface area contributed by atoms with Crippen molar-refractivity contribution in [2.45, 2.75) is 32.6 Å². The Bertz CT molecular complexity index is 537. The molecule has 0 saturated heterocycles. The summed E-state index contributed by atoms with van der Waals surface area (Å²) in [6, 6.07) is 6.90. The Morgan fingerprint density at radius 2 is 1.95 bits per heavy atom. The van der Waals surface area contributed by atoms with E-state index in [-0.39, 0.29) is 17.8 Å².